The number of alkyl carbamates (subject to hydrolysis) is 1. The molecular formula is C40H55N5O8S. The summed E-state index contributed by atoms with van der Waals surface area (Å²) < 4.78 is 33.6. The number of nitrogens with one attached hydrogen (secondary N) is 3. The highest BCUT2D eigenvalue weighted by atomic mass is 32.2. The van der Waals surface area contributed by atoms with Gasteiger partial charge in [-0.05, 0) is 82.6 Å². The maximum Gasteiger partial charge on any atom is 0.408 e. The molecule has 0 unspecified atom stereocenters. The average Bonchev–Trinajstić information content (AvgIpc) is 4.04. The van der Waals surface area contributed by atoms with E-state index in [1.54, 1.807) is 0 Å². The largest absolute Gasteiger partial charge is 0.446 e. The molecule has 14 heteroatoms. The summed E-state index contributed by atoms with van der Waals surface area (Å²) in [5, 5.41) is 9.87. The molecule has 0 bridgehead atoms. The van der Waals surface area contributed by atoms with E-state index in [9.17, 15) is 27.6 Å². The Hall–Kier alpha value is -3.94. The van der Waals surface area contributed by atoms with Crippen LogP contribution in [0.3, 0.4) is 0 Å². The monoisotopic (exact) mass is 765 g/mol. The van der Waals surface area contributed by atoms with Crippen LogP contribution in [0, 0.1) is 11.8 Å². The van der Waals surface area contributed by atoms with E-state index in [1.807, 2.05) is 42.5 Å². The number of hydrogen-bond donors (Lipinski definition) is 3. The fourth-order valence-corrected chi connectivity index (χ4v) is 10.0. The number of ether oxygens (including phenoxy) is 1. The molecule has 4 amide bonds. The number of allylic oxidation sites excluding steroid dienone is 1. The third kappa shape index (κ3) is 9.12. The first-order chi connectivity index (χ1) is 26.1. The maximum atomic E-state index is 14.5. The van der Waals surface area contributed by atoms with Gasteiger partial charge in [-0.2, -0.15) is 0 Å². The quantitative estimate of drug-likeness (QED) is 0.179. The third-order valence-electron chi connectivity index (χ3n) is 12.1. The number of benzene rings is 1. The molecule has 4 aliphatic carbocycles. The van der Waals surface area contributed by atoms with E-state index in [1.165, 1.54) is 11.3 Å². The van der Waals surface area contributed by atoms with Gasteiger partial charge in [-0.1, -0.05) is 79.7 Å². The number of amides is 4. The Kier molecular flexibility index (Phi) is 11.9. The summed E-state index contributed by atoms with van der Waals surface area (Å²) in [5.41, 5.74) is 0.356. The molecule has 2 heterocycles. The summed E-state index contributed by atoms with van der Waals surface area (Å²) in [7, 11) is -3.87. The van der Waals surface area contributed by atoms with Crippen molar-refractivity contribution in [3.05, 3.63) is 48.0 Å². The predicted molar refractivity (Wildman–Crippen MR) is 201 cm³/mol. The van der Waals surface area contributed by atoms with Gasteiger partial charge >= 0.3 is 6.09 Å². The highest BCUT2D eigenvalue weighted by Crippen LogP contribution is 2.46. The zero-order valence-electron chi connectivity index (χ0n) is 31.1. The predicted octanol–water partition coefficient (Wildman–Crippen LogP) is 5.00. The number of carbonyl (C=O) groups is 4. The second-order valence-electron chi connectivity index (χ2n) is 16.2. The Morgan fingerprint density at radius 3 is 2.31 bits per heavy atom. The lowest BCUT2D eigenvalue weighted by Gasteiger charge is -2.30. The first-order valence-electron chi connectivity index (χ1n) is 20.2. The first-order valence-corrected chi connectivity index (χ1v) is 21.8. The Labute approximate surface area is 318 Å². The van der Waals surface area contributed by atoms with Gasteiger partial charge in [0.05, 0.1) is 17.5 Å². The summed E-state index contributed by atoms with van der Waals surface area (Å²) in [6.07, 6.45) is 16.0. The molecule has 294 valence electrons. The molecule has 0 aromatic heterocycles. The fraction of sp³-hybridized carbons (Fsp3) is 0.675. The molecule has 1 saturated heterocycles. The minimum Gasteiger partial charge on any atom is -0.446 e. The van der Waals surface area contributed by atoms with Crippen molar-refractivity contribution in [2.24, 2.45) is 17.0 Å². The molecule has 13 nitrogen and oxygen atoms in total. The van der Waals surface area contributed by atoms with Gasteiger partial charge in [0.15, 0.2) is 0 Å². The Morgan fingerprint density at radius 2 is 1.57 bits per heavy atom. The van der Waals surface area contributed by atoms with Crippen LogP contribution in [0.25, 0.3) is 0 Å². The first kappa shape index (κ1) is 38.3. The molecule has 0 radical (unpaired) electrons. The molecule has 6 aliphatic rings. The van der Waals surface area contributed by atoms with Crippen LogP contribution in [0.15, 0.2) is 47.6 Å². The molecular weight excluding hydrogens is 711 g/mol. The van der Waals surface area contributed by atoms with Crippen molar-refractivity contribution in [1.82, 2.24) is 20.3 Å². The van der Waals surface area contributed by atoms with Crippen LogP contribution >= 0.6 is 0 Å². The molecule has 5 fully saturated rings. The molecule has 4 saturated carbocycles. The van der Waals surface area contributed by atoms with Crippen LogP contribution in [0.5, 0.6) is 0 Å². The van der Waals surface area contributed by atoms with Gasteiger partial charge in [-0.15, -0.1) is 0 Å². The van der Waals surface area contributed by atoms with E-state index in [0.29, 0.717) is 25.7 Å². The van der Waals surface area contributed by atoms with Crippen LogP contribution in [-0.4, -0.2) is 84.5 Å². The highest BCUT2D eigenvalue weighted by Gasteiger charge is 2.62. The van der Waals surface area contributed by atoms with Crippen molar-refractivity contribution in [3.63, 3.8) is 0 Å². The number of oxime groups is 1. The summed E-state index contributed by atoms with van der Waals surface area (Å²) >= 11 is 0. The molecule has 5 atom stereocenters. The summed E-state index contributed by atoms with van der Waals surface area (Å²) in [5.74, 6) is -1.94. The van der Waals surface area contributed by atoms with Gasteiger partial charge in [-0.3, -0.25) is 19.1 Å². The minimum atomic E-state index is -3.87. The standard InChI is InChI=1S/C40H55N5O8S/c46-36-34-24-31(53-43-35(27-14-6-4-7-15-27)28-16-8-5-9-17-28)26-45(34)37(47)33(41-39(49)52-30-19-12-13-20-30)21-11-3-1-2-10-18-29-25-40(29,42-36)38(48)44-54(50,51)32-22-23-32/h4,6-7,10,14-15,18,28-34H,1-3,5,8-9,11-13,16-17,19-26H2,(H,41,49)(H,42,46)(H,44,48)/b18-10-,43-35-/t29-,31-,33+,34+,40+/m1/s1. The summed E-state index contributed by atoms with van der Waals surface area (Å²) in [6, 6.07) is 7.93. The third-order valence-corrected chi connectivity index (χ3v) is 13.9. The van der Waals surface area contributed by atoms with Crippen LogP contribution in [-0.2, 0) is 34.0 Å². The van der Waals surface area contributed by atoms with Gasteiger partial charge in [0, 0.05) is 18.3 Å². The smallest absolute Gasteiger partial charge is 0.408 e. The van der Waals surface area contributed by atoms with Crippen LogP contribution in [0.2, 0.25) is 0 Å². The second-order valence-corrected chi connectivity index (χ2v) is 18.1. The molecule has 0 spiro atoms. The van der Waals surface area contributed by atoms with Gasteiger partial charge in [0.1, 0.15) is 29.8 Å². The Bertz CT molecular complexity index is 1700. The minimum absolute atomic E-state index is 0.0433. The Balaban J connectivity index is 1.16. The summed E-state index contributed by atoms with van der Waals surface area (Å²) in [4.78, 5) is 63.5. The molecule has 2 aliphatic heterocycles. The molecule has 1 aromatic carbocycles. The van der Waals surface area contributed by atoms with E-state index in [4.69, 9.17) is 14.7 Å². The number of fused-ring (bicyclic) bond motifs is 2. The molecule has 54 heavy (non-hydrogen) atoms. The maximum absolute atomic E-state index is 14.5. The van der Waals surface area contributed by atoms with E-state index in [0.717, 1.165) is 81.9 Å². The zero-order chi connectivity index (χ0) is 37.7. The number of hydrogen-bond acceptors (Lipinski definition) is 9. The van der Waals surface area contributed by atoms with Crippen LogP contribution < -0.4 is 15.4 Å². The highest BCUT2D eigenvalue weighted by molar-refractivity contribution is 7.91. The lowest BCUT2D eigenvalue weighted by Crippen LogP contribution is -2.58. The second kappa shape index (κ2) is 16.8. The number of rotatable bonds is 9. The number of sulfonamides is 1. The van der Waals surface area contributed by atoms with Gasteiger partial charge in [0.25, 0.3) is 5.91 Å². The fourth-order valence-electron chi connectivity index (χ4n) is 8.65. The molecule has 3 N–H and O–H groups in total. The zero-order valence-corrected chi connectivity index (χ0v) is 31.9. The van der Waals surface area contributed by atoms with E-state index in [-0.39, 0.29) is 31.4 Å². The molecule has 7 rings (SSSR count). The Morgan fingerprint density at radius 1 is 0.870 bits per heavy atom. The normalized spacial score (nSPS) is 30.9. The molecule has 1 aromatic rings. The topological polar surface area (TPSA) is 173 Å². The average molecular weight is 766 g/mol. The van der Waals surface area contributed by atoms with Crippen LogP contribution in [0.1, 0.15) is 121 Å². The van der Waals surface area contributed by atoms with Crippen molar-refractivity contribution < 1.29 is 37.2 Å². The number of carbonyl (C=O) groups excluding carboxylic acids is 4. The van der Waals surface area contributed by atoms with Crippen molar-refractivity contribution in [2.75, 3.05) is 6.54 Å². The van der Waals surface area contributed by atoms with Crippen molar-refractivity contribution >= 4 is 39.5 Å². The van der Waals surface area contributed by atoms with Crippen LogP contribution in [0.4, 0.5) is 4.79 Å². The SMILES string of the molecule is O=C(N[C@H]1CCCCC/C=C\[C@@H]2C[C@]2(C(=O)NS(=O)(=O)C2CC2)NC(=O)[C@@H]2C[C@@H](O/N=C(/c3ccccc3)C3CCCCC3)CN2C1=O)OC1CCCC1. The van der Waals surface area contributed by atoms with E-state index >= 15 is 0 Å². The van der Waals surface area contributed by atoms with Gasteiger partial charge in [0.2, 0.25) is 21.8 Å². The number of nitrogens with zero attached hydrogens (tertiary/aromatic N) is 2. The van der Waals surface area contributed by atoms with Gasteiger partial charge < -0.3 is 25.1 Å². The van der Waals surface area contributed by atoms with Crippen molar-refractivity contribution in [2.45, 2.75) is 151 Å². The van der Waals surface area contributed by atoms with Crippen molar-refractivity contribution in [1.29, 1.82) is 0 Å². The summed E-state index contributed by atoms with van der Waals surface area (Å²) in [6.45, 7) is 0.0433. The van der Waals surface area contributed by atoms with E-state index < -0.39 is 68.7 Å². The van der Waals surface area contributed by atoms with Gasteiger partial charge in [-0.25, -0.2) is 13.2 Å². The lowest BCUT2D eigenvalue weighted by molar-refractivity contribution is -0.141. The van der Waals surface area contributed by atoms with Crippen molar-refractivity contribution in [3.8, 4) is 0 Å². The van der Waals surface area contributed by atoms with E-state index in [2.05, 4.69) is 15.4 Å². The lowest BCUT2D eigenvalue weighted by atomic mass is 9.83.